The molecule has 0 spiro atoms. The summed E-state index contributed by atoms with van der Waals surface area (Å²) in [6, 6.07) is 26.1. The first-order valence-electron chi connectivity index (χ1n) is 24.0. The Morgan fingerprint density at radius 3 is 1.91 bits per heavy atom. The highest BCUT2D eigenvalue weighted by molar-refractivity contribution is 7.93. The van der Waals surface area contributed by atoms with E-state index in [2.05, 4.69) is 24.5 Å². The van der Waals surface area contributed by atoms with E-state index in [0.29, 0.717) is 65.1 Å². The minimum absolute atomic E-state index is 0.0102. The lowest BCUT2D eigenvalue weighted by Crippen LogP contribution is -2.50. The number of para-hydroxylation sites is 1. The molecule has 2 amide bonds. The maximum atomic E-state index is 14.2. The minimum atomic E-state index is -4.22. The SMILES string of the molecule is O=C(c1ccc(S(=O)(=O)c2cccc3cc(-c4cc(S(=O)(=O)Nc5ccc(C(=O)N6CCN(C[C@@H]7CCCCO7)CC6)cc5)c5ncccc5c4)cnc23)cc1)N1CCN(C[C@H]2CCCOC2)CC1. The van der Waals surface area contributed by atoms with Gasteiger partial charge in [-0.1, -0.05) is 18.2 Å². The van der Waals surface area contributed by atoms with E-state index in [1.165, 1.54) is 49.5 Å². The van der Waals surface area contributed by atoms with Gasteiger partial charge >= 0.3 is 0 Å². The first kappa shape index (κ1) is 46.9. The Labute approximate surface area is 403 Å². The molecule has 0 radical (unpaired) electrons. The summed E-state index contributed by atoms with van der Waals surface area (Å²) in [6.45, 7) is 9.87. The standard InChI is InChI=1S/C52H57N7O8S2/c60-51(59-26-22-57(23-27-59)35-45-9-1-2-29-67-45)38-11-15-44(16-12-38)55-69(64,65)48-32-42(30-41-8-4-19-53-50(41)48)43-31-40-7-3-10-47(49(40)54-33-43)68(62,63)46-17-13-39(14-18-46)52(61)58-24-20-56(21-25-58)34-37-6-5-28-66-36-37/h3-4,7-8,10-19,30-33,37,45,55H,1-2,5-6,9,20-29,34-36H2/t37-,45+/m1/s1. The van der Waals surface area contributed by atoms with Crippen molar-refractivity contribution < 1.29 is 35.9 Å². The molecule has 4 aliphatic rings. The highest BCUT2D eigenvalue weighted by Gasteiger charge is 2.29. The molecule has 2 aromatic heterocycles. The molecule has 2 atom stereocenters. The van der Waals surface area contributed by atoms with Crippen molar-refractivity contribution in [1.29, 1.82) is 0 Å². The zero-order chi connectivity index (χ0) is 47.5. The average Bonchev–Trinajstić information content (AvgIpc) is 3.38. The topological polar surface area (TPSA) is 172 Å². The van der Waals surface area contributed by atoms with Crippen LogP contribution in [0.15, 0.2) is 124 Å². The molecule has 1 N–H and O–H groups in total. The van der Waals surface area contributed by atoms with Crippen LogP contribution >= 0.6 is 0 Å². The molecule has 69 heavy (non-hydrogen) atoms. The van der Waals surface area contributed by atoms with Crippen LogP contribution in [0.5, 0.6) is 0 Å². The van der Waals surface area contributed by atoms with E-state index >= 15 is 0 Å². The van der Waals surface area contributed by atoms with Crippen molar-refractivity contribution >= 4 is 59.2 Å². The number of ether oxygens (including phenoxy) is 2. The lowest BCUT2D eigenvalue weighted by molar-refractivity contribution is -0.0130. The number of amides is 2. The van der Waals surface area contributed by atoms with E-state index in [1.54, 1.807) is 66.7 Å². The van der Waals surface area contributed by atoms with E-state index in [1.807, 2.05) is 15.9 Å². The number of piperazine rings is 2. The third kappa shape index (κ3) is 10.4. The molecule has 4 aliphatic heterocycles. The number of anilines is 1. The lowest BCUT2D eigenvalue weighted by atomic mass is 10.0. The predicted molar refractivity (Wildman–Crippen MR) is 263 cm³/mol. The largest absolute Gasteiger partial charge is 0.381 e. The number of hydrogen-bond donors (Lipinski definition) is 1. The zero-order valence-electron chi connectivity index (χ0n) is 38.5. The summed E-state index contributed by atoms with van der Waals surface area (Å²) in [5.41, 5.74) is 2.82. The Bertz CT molecular complexity index is 3050. The van der Waals surface area contributed by atoms with Crippen LogP contribution in [0, 0.1) is 5.92 Å². The molecule has 4 aromatic carbocycles. The number of nitrogens with zero attached hydrogens (tertiary/aromatic N) is 6. The van der Waals surface area contributed by atoms with Gasteiger partial charge in [-0.15, -0.1) is 0 Å². The van der Waals surface area contributed by atoms with Gasteiger partial charge in [0.2, 0.25) is 9.84 Å². The number of hydrogen-bond acceptors (Lipinski definition) is 12. The van der Waals surface area contributed by atoms with Crippen molar-refractivity contribution in [1.82, 2.24) is 29.6 Å². The Morgan fingerprint density at radius 1 is 0.623 bits per heavy atom. The molecule has 15 nitrogen and oxygen atoms in total. The van der Waals surface area contributed by atoms with Crippen molar-refractivity contribution in [3.05, 3.63) is 121 Å². The average molecular weight is 972 g/mol. The molecular formula is C52H57N7O8S2. The van der Waals surface area contributed by atoms with Crippen molar-refractivity contribution in [2.24, 2.45) is 5.92 Å². The molecule has 6 heterocycles. The van der Waals surface area contributed by atoms with Gasteiger partial charge < -0.3 is 19.3 Å². The Hall–Kier alpha value is -5.82. The minimum Gasteiger partial charge on any atom is -0.381 e. The Morgan fingerprint density at radius 2 is 1.26 bits per heavy atom. The van der Waals surface area contributed by atoms with Gasteiger partial charge in [0.15, 0.2) is 0 Å². The number of carbonyl (C=O) groups is 2. The first-order valence-corrected chi connectivity index (χ1v) is 26.9. The van der Waals surface area contributed by atoms with E-state index < -0.39 is 19.9 Å². The van der Waals surface area contributed by atoms with Crippen LogP contribution in [0.25, 0.3) is 32.9 Å². The second-order valence-electron chi connectivity index (χ2n) is 18.6. The molecule has 0 bridgehead atoms. The number of pyridine rings is 2. The number of sulfone groups is 1. The summed E-state index contributed by atoms with van der Waals surface area (Å²) in [5, 5.41) is 1.11. The summed E-state index contributed by atoms with van der Waals surface area (Å²) in [4.78, 5) is 44.4. The van der Waals surface area contributed by atoms with Crippen molar-refractivity contribution in [3.63, 3.8) is 0 Å². The maximum absolute atomic E-state index is 14.2. The molecule has 10 rings (SSSR count). The van der Waals surface area contributed by atoms with Crippen LogP contribution in [0.3, 0.4) is 0 Å². The van der Waals surface area contributed by atoms with Crippen LogP contribution in [0.2, 0.25) is 0 Å². The molecule has 17 heteroatoms. The smallest absolute Gasteiger partial charge is 0.264 e. The van der Waals surface area contributed by atoms with Gasteiger partial charge in [-0.3, -0.25) is 34.1 Å². The highest BCUT2D eigenvalue weighted by atomic mass is 32.2. The van der Waals surface area contributed by atoms with Gasteiger partial charge in [0, 0.05) is 124 Å². The Kier molecular flexibility index (Phi) is 13.8. The van der Waals surface area contributed by atoms with Gasteiger partial charge in [0.05, 0.1) is 33.5 Å². The van der Waals surface area contributed by atoms with E-state index in [4.69, 9.17) is 9.47 Å². The normalized spacial score (nSPS) is 20.0. The van der Waals surface area contributed by atoms with Gasteiger partial charge in [-0.2, -0.15) is 0 Å². The van der Waals surface area contributed by atoms with Crippen LogP contribution in [0.4, 0.5) is 5.69 Å². The second-order valence-corrected chi connectivity index (χ2v) is 22.1. The number of aromatic nitrogens is 2. The maximum Gasteiger partial charge on any atom is 0.264 e. The number of carbonyl (C=O) groups excluding carboxylic acids is 2. The van der Waals surface area contributed by atoms with Crippen molar-refractivity contribution in [3.8, 4) is 11.1 Å². The predicted octanol–water partition coefficient (Wildman–Crippen LogP) is 6.59. The van der Waals surface area contributed by atoms with Gasteiger partial charge in [0.25, 0.3) is 21.8 Å². The summed E-state index contributed by atoms with van der Waals surface area (Å²) in [6.07, 6.45) is 8.97. The van der Waals surface area contributed by atoms with Gasteiger partial charge in [0.1, 0.15) is 4.90 Å². The van der Waals surface area contributed by atoms with Crippen LogP contribution in [-0.2, 0) is 29.3 Å². The number of nitrogens with one attached hydrogen (secondary N) is 1. The number of fused-ring (bicyclic) bond motifs is 2. The fourth-order valence-corrected chi connectivity index (χ4v) is 12.7. The third-order valence-electron chi connectivity index (χ3n) is 13.9. The molecule has 4 saturated heterocycles. The second kappa shape index (κ2) is 20.3. The number of sulfonamides is 1. The molecule has 0 aliphatic carbocycles. The molecule has 0 saturated carbocycles. The number of rotatable bonds is 12. The van der Waals surface area contributed by atoms with Crippen LogP contribution in [-0.4, -0.2) is 150 Å². The molecule has 6 aromatic rings. The summed E-state index contributed by atoms with van der Waals surface area (Å²) in [7, 11) is -8.28. The molecular weight excluding hydrogens is 915 g/mol. The quantitative estimate of drug-likeness (QED) is 0.140. The highest BCUT2D eigenvalue weighted by Crippen LogP contribution is 2.34. The monoisotopic (exact) mass is 971 g/mol. The van der Waals surface area contributed by atoms with E-state index in [0.717, 1.165) is 78.4 Å². The summed E-state index contributed by atoms with van der Waals surface area (Å²) < 4.78 is 71.0. The van der Waals surface area contributed by atoms with Crippen LogP contribution in [0.1, 0.15) is 52.8 Å². The van der Waals surface area contributed by atoms with Crippen molar-refractivity contribution in [2.75, 3.05) is 90.0 Å². The zero-order valence-corrected chi connectivity index (χ0v) is 40.2. The van der Waals surface area contributed by atoms with Crippen LogP contribution < -0.4 is 4.72 Å². The van der Waals surface area contributed by atoms with Gasteiger partial charge in [-0.05, 0) is 122 Å². The summed E-state index contributed by atoms with van der Waals surface area (Å²) >= 11 is 0. The third-order valence-corrected chi connectivity index (χ3v) is 17.1. The fraction of sp³-hybridized carbons (Fsp3) is 0.385. The van der Waals surface area contributed by atoms with E-state index in [-0.39, 0.29) is 49.3 Å². The molecule has 360 valence electrons. The van der Waals surface area contributed by atoms with Gasteiger partial charge in [-0.25, -0.2) is 16.8 Å². The lowest BCUT2D eigenvalue weighted by Gasteiger charge is -2.37. The molecule has 0 unspecified atom stereocenters. The number of benzene rings is 4. The van der Waals surface area contributed by atoms with Crippen molar-refractivity contribution in [2.45, 2.75) is 52.9 Å². The fourth-order valence-electron chi connectivity index (χ4n) is 10.0. The Balaban J connectivity index is 0.821. The van der Waals surface area contributed by atoms with E-state index in [9.17, 15) is 26.4 Å². The first-order chi connectivity index (χ1) is 33.5. The summed E-state index contributed by atoms with van der Waals surface area (Å²) in [5.74, 6) is 0.303. The molecule has 4 fully saturated rings.